The molecule has 0 rings (SSSR count). The van der Waals surface area contributed by atoms with Gasteiger partial charge in [0.1, 0.15) is 19.3 Å². The average Bonchev–Trinajstić information content (AvgIpc) is 0.898. The summed E-state index contributed by atoms with van der Waals surface area (Å²) < 4.78 is 69.1. The third kappa shape index (κ3) is 82.6. The highest BCUT2D eigenvalue weighted by atomic mass is 31.2. The summed E-state index contributed by atoms with van der Waals surface area (Å²) >= 11 is 0. The molecule has 17 nitrogen and oxygen atoms in total. The van der Waals surface area contributed by atoms with Gasteiger partial charge >= 0.3 is 39.5 Å². The van der Waals surface area contributed by atoms with Crippen molar-refractivity contribution in [3.8, 4) is 0 Å². The SMILES string of the molecule is CCCCCCCCCCCCCCCCCCCCCCC(=O)O[C@H](COC(=O)CCCCCCCCCCCCCCCCCCC(C)C)COP(=O)(O)OC[C@@H](O)COP(=O)(O)OC[C@@H](COC(=O)CCCCCCCCCCC(C)CC)OC(=O)CCCCCCCCCCCCCCCCCCCCC. The zero-order valence-electron chi connectivity index (χ0n) is 72.6. The first-order valence-electron chi connectivity index (χ1n) is 47.0. The monoisotopic (exact) mass is 1610 g/mol. The van der Waals surface area contributed by atoms with Gasteiger partial charge in [-0.05, 0) is 37.5 Å². The highest BCUT2D eigenvalue weighted by Gasteiger charge is 2.31. The van der Waals surface area contributed by atoms with Crippen molar-refractivity contribution in [2.75, 3.05) is 39.6 Å². The summed E-state index contributed by atoms with van der Waals surface area (Å²) in [6, 6.07) is 0. The molecule has 0 radical (unpaired) electrons. The lowest BCUT2D eigenvalue weighted by Crippen LogP contribution is -2.30. The van der Waals surface area contributed by atoms with Gasteiger partial charge < -0.3 is 33.8 Å². The van der Waals surface area contributed by atoms with E-state index in [0.717, 1.165) is 102 Å². The average molecular weight is 1610 g/mol. The van der Waals surface area contributed by atoms with Crippen LogP contribution in [-0.4, -0.2) is 96.7 Å². The Kier molecular flexibility index (Phi) is 80.7. The fraction of sp³-hybridized carbons (Fsp3) is 0.956. The molecule has 654 valence electrons. The molecule has 0 aromatic rings. The van der Waals surface area contributed by atoms with Crippen molar-refractivity contribution in [1.82, 2.24) is 0 Å². The van der Waals surface area contributed by atoms with Crippen LogP contribution < -0.4 is 0 Å². The molecular formula is C91H178O17P2. The topological polar surface area (TPSA) is 237 Å². The van der Waals surface area contributed by atoms with Gasteiger partial charge in [0.05, 0.1) is 26.4 Å². The first-order chi connectivity index (χ1) is 53.4. The number of phosphoric ester groups is 2. The van der Waals surface area contributed by atoms with Crippen LogP contribution in [0.1, 0.15) is 491 Å². The third-order valence-electron chi connectivity index (χ3n) is 21.8. The van der Waals surface area contributed by atoms with Gasteiger partial charge in [0.15, 0.2) is 12.2 Å². The number of phosphoric acid groups is 2. The second kappa shape index (κ2) is 82.2. The number of hydrogen-bond acceptors (Lipinski definition) is 15. The quantitative estimate of drug-likeness (QED) is 0.0222. The molecule has 0 aromatic heterocycles. The third-order valence-corrected chi connectivity index (χ3v) is 23.7. The number of unbranched alkanes of at least 4 members (excludes halogenated alkanes) is 59. The summed E-state index contributed by atoms with van der Waals surface area (Å²) in [5, 5.41) is 10.7. The molecule has 0 saturated carbocycles. The Hall–Kier alpha value is -1.94. The number of aliphatic hydroxyl groups excluding tert-OH is 1. The van der Waals surface area contributed by atoms with Gasteiger partial charge in [-0.25, -0.2) is 9.13 Å². The molecule has 0 amide bonds. The highest BCUT2D eigenvalue weighted by molar-refractivity contribution is 7.47. The fourth-order valence-electron chi connectivity index (χ4n) is 14.3. The van der Waals surface area contributed by atoms with Gasteiger partial charge in [-0.1, -0.05) is 440 Å². The molecule has 3 N–H and O–H groups in total. The Balaban J connectivity index is 5.25. The maximum atomic E-state index is 13.2. The van der Waals surface area contributed by atoms with Crippen LogP contribution in [0.2, 0.25) is 0 Å². The van der Waals surface area contributed by atoms with E-state index in [9.17, 15) is 43.2 Å². The van der Waals surface area contributed by atoms with Crippen molar-refractivity contribution in [3.63, 3.8) is 0 Å². The lowest BCUT2D eigenvalue weighted by atomic mass is 9.99. The van der Waals surface area contributed by atoms with Gasteiger partial charge in [0.2, 0.25) is 0 Å². The zero-order chi connectivity index (χ0) is 80.6. The number of hydrogen-bond donors (Lipinski definition) is 3. The summed E-state index contributed by atoms with van der Waals surface area (Å²) in [6.07, 6.45) is 76.4. The van der Waals surface area contributed by atoms with Crippen molar-refractivity contribution in [2.24, 2.45) is 11.8 Å². The van der Waals surface area contributed by atoms with Gasteiger partial charge in [-0.3, -0.25) is 37.3 Å². The van der Waals surface area contributed by atoms with Crippen molar-refractivity contribution in [3.05, 3.63) is 0 Å². The number of carbonyl (C=O) groups is 4. The second-order valence-corrected chi connectivity index (χ2v) is 36.3. The van der Waals surface area contributed by atoms with E-state index in [4.69, 9.17) is 37.0 Å². The molecule has 0 aliphatic heterocycles. The molecule has 0 aromatic carbocycles. The molecule has 3 unspecified atom stereocenters. The molecule has 0 aliphatic carbocycles. The molecule has 0 bridgehead atoms. The van der Waals surface area contributed by atoms with E-state index in [1.54, 1.807) is 0 Å². The fourth-order valence-corrected chi connectivity index (χ4v) is 15.9. The molecule has 0 aliphatic rings. The normalized spacial score (nSPS) is 14.0. The number of esters is 4. The first kappa shape index (κ1) is 108. The Bertz CT molecular complexity index is 2100. The number of rotatable bonds is 90. The van der Waals surface area contributed by atoms with Gasteiger partial charge in [0, 0.05) is 25.7 Å². The minimum absolute atomic E-state index is 0.109. The van der Waals surface area contributed by atoms with E-state index >= 15 is 0 Å². The largest absolute Gasteiger partial charge is 0.472 e. The van der Waals surface area contributed by atoms with Crippen LogP contribution in [-0.2, 0) is 65.4 Å². The van der Waals surface area contributed by atoms with Crippen LogP contribution in [0.15, 0.2) is 0 Å². The number of carbonyl (C=O) groups excluding carboxylic acids is 4. The molecule has 0 spiro atoms. The number of ether oxygens (including phenoxy) is 4. The molecule has 110 heavy (non-hydrogen) atoms. The van der Waals surface area contributed by atoms with Crippen LogP contribution in [0.3, 0.4) is 0 Å². The van der Waals surface area contributed by atoms with Gasteiger partial charge in [-0.2, -0.15) is 0 Å². The highest BCUT2D eigenvalue weighted by Crippen LogP contribution is 2.45. The lowest BCUT2D eigenvalue weighted by Gasteiger charge is -2.21. The van der Waals surface area contributed by atoms with Crippen LogP contribution in [0.25, 0.3) is 0 Å². The minimum atomic E-state index is -4.97. The maximum Gasteiger partial charge on any atom is 0.472 e. The van der Waals surface area contributed by atoms with Crippen LogP contribution in [0, 0.1) is 11.8 Å². The summed E-state index contributed by atoms with van der Waals surface area (Å²) in [5.41, 5.74) is 0. The summed E-state index contributed by atoms with van der Waals surface area (Å²) in [4.78, 5) is 73.4. The summed E-state index contributed by atoms with van der Waals surface area (Å²) in [6.45, 7) is 9.74. The van der Waals surface area contributed by atoms with Crippen LogP contribution >= 0.6 is 15.6 Å². The van der Waals surface area contributed by atoms with Gasteiger partial charge in [-0.15, -0.1) is 0 Å². The molecule has 0 fully saturated rings. The predicted molar refractivity (Wildman–Crippen MR) is 455 cm³/mol. The van der Waals surface area contributed by atoms with E-state index in [-0.39, 0.29) is 25.7 Å². The van der Waals surface area contributed by atoms with E-state index in [1.165, 1.54) is 308 Å². The number of aliphatic hydroxyl groups is 1. The molecule has 0 heterocycles. The Morgan fingerprint density at radius 2 is 0.464 bits per heavy atom. The zero-order valence-corrected chi connectivity index (χ0v) is 74.4. The van der Waals surface area contributed by atoms with Crippen molar-refractivity contribution < 1.29 is 80.2 Å². The Morgan fingerprint density at radius 3 is 0.691 bits per heavy atom. The van der Waals surface area contributed by atoms with Crippen molar-refractivity contribution in [2.45, 2.75) is 509 Å². The molecular weight excluding hydrogens is 1430 g/mol. The molecule has 0 saturated heterocycles. The second-order valence-electron chi connectivity index (χ2n) is 33.4. The molecule has 6 atom stereocenters. The summed E-state index contributed by atoms with van der Waals surface area (Å²) in [5.74, 6) is -0.506. The Morgan fingerprint density at radius 1 is 0.264 bits per heavy atom. The predicted octanol–water partition coefficient (Wildman–Crippen LogP) is 28.2. The minimum Gasteiger partial charge on any atom is -0.462 e. The van der Waals surface area contributed by atoms with Crippen LogP contribution in [0.5, 0.6) is 0 Å². The summed E-state index contributed by atoms with van der Waals surface area (Å²) in [7, 11) is -9.94. The Labute approximate surface area is 677 Å². The van der Waals surface area contributed by atoms with Crippen molar-refractivity contribution >= 4 is 39.5 Å². The standard InChI is InChI=1S/C91H178O17P2/c1-7-10-12-14-16-18-20-22-24-26-28-30-32-38-42-46-50-58-64-69-75-90(95)107-86(79-101-88(93)73-67-61-55-48-44-40-36-34-33-35-39-43-47-53-59-65-71-83(4)5)81-105-109(97,98)103-77-85(92)78-104-110(99,100)106-82-87(80-102-89(94)74-68-62-56-52-51-54-60-66-72-84(6)9-3)108-91(96)76-70-63-57-49-45-41-37-31-29-27-25-23-21-19-17-15-13-11-8-2/h83-87,92H,7-82H2,1-6H3,(H,97,98)(H,99,100)/t84?,85-,86-,87-/m1/s1. The van der Waals surface area contributed by atoms with E-state index < -0.39 is 97.5 Å². The maximum absolute atomic E-state index is 13.2. The van der Waals surface area contributed by atoms with E-state index in [0.29, 0.717) is 25.7 Å². The molecule has 19 heteroatoms. The van der Waals surface area contributed by atoms with Crippen LogP contribution in [0.4, 0.5) is 0 Å². The van der Waals surface area contributed by atoms with Gasteiger partial charge in [0.25, 0.3) is 0 Å². The lowest BCUT2D eigenvalue weighted by molar-refractivity contribution is -0.161. The first-order valence-corrected chi connectivity index (χ1v) is 50.0. The van der Waals surface area contributed by atoms with E-state index in [2.05, 4.69) is 41.5 Å². The smallest absolute Gasteiger partial charge is 0.462 e. The van der Waals surface area contributed by atoms with Crippen molar-refractivity contribution in [1.29, 1.82) is 0 Å². The van der Waals surface area contributed by atoms with E-state index in [1.807, 2.05) is 0 Å².